The van der Waals surface area contributed by atoms with Crippen molar-refractivity contribution < 1.29 is 31.4 Å². The number of ether oxygens (including phenoxy) is 2. The van der Waals surface area contributed by atoms with Crippen LogP contribution in [0.1, 0.15) is 99.3 Å². The fourth-order valence-electron chi connectivity index (χ4n) is 6.52. The van der Waals surface area contributed by atoms with E-state index in [1.54, 1.807) is 30.3 Å². The highest BCUT2D eigenvalue weighted by Crippen LogP contribution is 2.39. The molecule has 2 fully saturated rings. The van der Waals surface area contributed by atoms with E-state index >= 15 is 0 Å². The first-order chi connectivity index (χ1) is 22.5. The second-order valence-electron chi connectivity index (χ2n) is 13.2. The Morgan fingerprint density at radius 2 is 0.894 bits per heavy atom. The number of benzene rings is 4. The summed E-state index contributed by atoms with van der Waals surface area (Å²) in [6, 6.07) is 26.0. The lowest BCUT2D eigenvalue weighted by Gasteiger charge is -2.27. The van der Waals surface area contributed by atoms with Gasteiger partial charge in [-0.05, 0) is 109 Å². The van der Waals surface area contributed by atoms with E-state index in [2.05, 4.69) is 13.8 Å². The van der Waals surface area contributed by atoms with E-state index in [9.17, 15) is 22.0 Å². The SMILES string of the molecule is CC1CCC(c2ccc(C(F)(F)Oc3cccc(F)c3)cc2)CC1.CC1CCC(c2ccc(C(F)(F)Oc3ccccc3)cc2)CC1. The van der Waals surface area contributed by atoms with Gasteiger partial charge in [0.05, 0.1) is 11.1 Å². The summed E-state index contributed by atoms with van der Waals surface area (Å²) in [7, 11) is 0. The smallest absolute Gasteiger partial charge is 0.426 e. The third-order valence-electron chi connectivity index (χ3n) is 9.50. The van der Waals surface area contributed by atoms with Crippen LogP contribution in [0.3, 0.4) is 0 Å². The highest BCUT2D eigenvalue weighted by molar-refractivity contribution is 5.31. The van der Waals surface area contributed by atoms with E-state index in [0.29, 0.717) is 11.8 Å². The molecule has 0 heterocycles. The molecule has 0 bridgehead atoms. The first-order valence-electron chi connectivity index (χ1n) is 16.6. The lowest BCUT2D eigenvalue weighted by molar-refractivity contribution is -0.186. The summed E-state index contributed by atoms with van der Waals surface area (Å²) in [6.07, 6.45) is 2.52. The largest absolute Gasteiger partial charge is 0.429 e. The van der Waals surface area contributed by atoms with Gasteiger partial charge in [0.2, 0.25) is 0 Å². The van der Waals surface area contributed by atoms with Crippen LogP contribution in [0.25, 0.3) is 0 Å². The van der Waals surface area contributed by atoms with Crippen LogP contribution in [0.4, 0.5) is 22.0 Å². The van der Waals surface area contributed by atoms with Crippen molar-refractivity contribution in [3.8, 4) is 11.5 Å². The lowest BCUT2D eigenvalue weighted by atomic mass is 9.79. The summed E-state index contributed by atoms with van der Waals surface area (Å²) in [4.78, 5) is 0. The first kappa shape index (κ1) is 34.5. The minimum atomic E-state index is -3.49. The Morgan fingerprint density at radius 1 is 0.489 bits per heavy atom. The van der Waals surface area contributed by atoms with Gasteiger partial charge in [-0.2, -0.15) is 17.6 Å². The zero-order valence-corrected chi connectivity index (χ0v) is 27.0. The average molecular weight is 651 g/mol. The molecule has 0 amide bonds. The van der Waals surface area contributed by atoms with Crippen molar-refractivity contribution in [3.63, 3.8) is 0 Å². The summed E-state index contributed by atoms with van der Waals surface area (Å²) >= 11 is 0. The van der Waals surface area contributed by atoms with E-state index in [4.69, 9.17) is 9.47 Å². The van der Waals surface area contributed by atoms with Crippen molar-refractivity contribution in [2.45, 2.75) is 89.3 Å². The Kier molecular flexibility index (Phi) is 11.3. The van der Waals surface area contributed by atoms with Gasteiger partial charge < -0.3 is 9.47 Å². The molecule has 0 aromatic heterocycles. The van der Waals surface area contributed by atoms with Crippen LogP contribution in [0.2, 0.25) is 0 Å². The molecular weight excluding hydrogens is 607 g/mol. The van der Waals surface area contributed by atoms with Gasteiger partial charge in [-0.3, -0.25) is 0 Å². The van der Waals surface area contributed by atoms with E-state index < -0.39 is 18.0 Å². The molecular formula is C40H43F5O2. The third-order valence-corrected chi connectivity index (χ3v) is 9.50. The molecule has 2 aliphatic carbocycles. The molecule has 0 radical (unpaired) electrons. The van der Waals surface area contributed by atoms with Crippen LogP contribution in [-0.4, -0.2) is 0 Å². The van der Waals surface area contributed by atoms with Crippen LogP contribution in [0.15, 0.2) is 103 Å². The van der Waals surface area contributed by atoms with Crippen molar-refractivity contribution in [1.82, 2.24) is 0 Å². The van der Waals surface area contributed by atoms with Gasteiger partial charge in [0, 0.05) is 6.07 Å². The highest BCUT2D eigenvalue weighted by Gasteiger charge is 2.36. The predicted octanol–water partition coefficient (Wildman–Crippen LogP) is 12.4. The summed E-state index contributed by atoms with van der Waals surface area (Å²) in [5.41, 5.74) is 1.94. The number of hydrogen-bond acceptors (Lipinski definition) is 2. The van der Waals surface area contributed by atoms with Crippen LogP contribution in [0, 0.1) is 17.7 Å². The topological polar surface area (TPSA) is 18.5 Å². The lowest BCUT2D eigenvalue weighted by Crippen LogP contribution is -2.22. The monoisotopic (exact) mass is 650 g/mol. The van der Waals surface area contributed by atoms with E-state index in [-0.39, 0.29) is 22.6 Å². The zero-order valence-electron chi connectivity index (χ0n) is 27.0. The summed E-state index contributed by atoms with van der Waals surface area (Å²) in [6.45, 7) is 4.53. The van der Waals surface area contributed by atoms with E-state index in [1.807, 2.05) is 12.1 Å². The Balaban J connectivity index is 0.000000185. The predicted molar refractivity (Wildman–Crippen MR) is 176 cm³/mol. The molecule has 2 aliphatic rings. The Morgan fingerprint density at radius 3 is 1.32 bits per heavy atom. The summed E-state index contributed by atoms with van der Waals surface area (Å²) in [5.74, 6) is 1.87. The Hall–Kier alpha value is -3.87. The second-order valence-corrected chi connectivity index (χ2v) is 13.2. The molecule has 0 spiro atoms. The molecule has 2 saturated carbocycles. The minimum absolute atomic E-state index is 0.103. The van der Waals surface area contributed by atoms with E-state index in [1.165, 1.54) is 80.3 Å². The number of halogens is 5. The van der Waals surface area contributed by atoms with Crippen LogP contribution in [-0.2, 0) is 12.2 Å². The maximum Gasteiger partial charge on any atom is 0.426 e. The maximum atomic E-state index is 14.3. The van der Waals surface area contributed by atoms with Crippen LogP contribution in [0.5, 0.6) is 11.5 Å². The quantitative estimate of drug-likeness (QED) is 0.177. The van der Waals surface area contributed by atoms with Crippen LogP contribution >= 0.6 is 0 Å². The van der Waals surface area contributed by atoms with Crippen molar-refractivity contribution in [2.24, 2.45) is 11.8 Å². The molecule has 4 aromatic carbocycles. The van der Waals surface area contributed by atoms with Gasteiger partial charge in [0.1, 0.15) is 17.3 Å². The molecule has 0 aliphatic heterocycles. The highest BCUT2D eigenvalue weighted by atomic mass is 19.3. The van der Waals surface area contributed by atoms with Gasteiger partial charge in [0.15, 0.2) is 0 Å². The molecule has 6 rings (SSSR count). The Labute approximate surface area is 274 Å². The summed E-state index contributed by atoms with van der Waals surface area (Å²) in [5, 5.41) is 0. The number of hydrogen-bond donors (Lipinski definition) is 0. The maximum absolute atomic E-state index is 14.3. The minimum Gasteiger partial charge on any atom is -0.429 e. The molecule has 0 saturated heterocycles. The zero-order chi connectivity index (χ0) is 33.4. The Bertz CT molecular complexity index is 1520. The number of alkyl halides is 4. The molecule has 2 nitrogen and oxygen atoms in total. The van der Waals surface area contributed by atoms with Gasteiger partial charge in [-0.25, -0.2) is 4.39 Å². The van der Waals surface area contributed by atoms with Crippen LogP contribution < -0.4 is 9.47 Å². The van der Waals surface area contributed by atoms with Gasteiger partial charge >= 0.3 is 12.2 Å². The van der Waals surface area contributed by atoms with Crippen molar-refractivity contribution >= 4 is 0 Å². The second kappa shape index (κ2) is 15.4. The normalized spacial score (nSPS) is 21.7. The van der Waals surface area contributed by atoms with Gasteiger partial charge in [-0.1, -0.05) is 88.1 Å². The summed E-state index contributed by atoms with van der Waals surface area (Å²) < 4.78 is 79.7. The fraction of sp³-hybridized carbons (Fsp3) is 0.400. The van der Waals surface area contributed by atoms with Crippen molar-refractivity contribution in [2.75, 3.05) is 0 Å². The first-order valence-corrected chi connectivity index (χ1v) is 16.6. The average Bonchev–Trinajstić information content (AvgIpc) is 3.06. The molecule has 0 atom stereocenters. The third kappa shape index (κ3) is 9.59. The molecule has 4 aromatic rings. The standard InChI is InChI=1S/C20H21F3O.C20H22F2O/c1-14-5-7-15(8-6-14)16-9-11-17(12-10-16)20(22,23)24-19-4-2-3-18(21)13-19;1-15-7-9-16(10-8-15)17-11-13-18(14-12-17)20(21,22)23-19-5-3-2-4-6-19/h2-4,9-15H,5-8H2,1H3;2-6,11-16H,7-10H2,1H3. The van der Waals surface area contributed by atoms with Gasteiger partial charge in [0.25, 0.3) is 0 Å². The van der Waals surface area contributed by atoms with Crippen molar-refractivity contribution in [1.29, 1.82) is 0 Å². The van der Waals surface area contributed by atoms with Gasteiger partial charge in [-0.15, -0.1) is 0 Å². The fourth-order valence-corrected chi connectivity index (χ4v) is 6.52. The van der Waals surface area contributed by atoms with E-state index in [0.717, 1.165) is 54.7 Å². The molecule has 250 valence electrons. The van der Waals surface area contributed by atoms with Crippen molar-refractivity contribution in [3.05, 3.63) is 131 Å². The molecule has 47 heavy (non-hydrogen) atoms. The number of rotatable bonds is 8. The molecule has 0 unspecified atom stereocenters. The molecule has 0 N–H and O–H groups in total. The number of para-hydroxylation sites is 1. The molecule has 7 heteroatoms.